The zero-order chi connectivity index (χ0) is 14.3. The normalized spacial score (nSPS) is 12.3. The van der Waals surface area contributed by atoms with Gasteiger partial charge in [-0.3, -0.25) is 0 Å². The summed E-state index contributed by atoms with van der Waals surface area (Å²) in [5.41, 5.74) is 1.05. The summed E-state index contributed by atoms with van der Waals surface area (Å²) in [4.78, 5) is 8.86. The molecule has 0 bridgehead atoms. The van der Waals surface area contributed by atoms with E-state index < -0.39 is 0 Å². The molecule has 0 aliphatic rings. The summed E-state index contributed by atoms with van der Waals surface area (Å²) in [6.45, 7) is 10.0. The summed E-state index contributed by atoms with van der Waals surface area (Å²) in [7, 11) is 0. The van der Waals surface area contributed by atoms with Gasteiger partial charge < -0.3 is 15.7 Å². The lowest BCUT2D eigenvalue weighted by atomic mass is 10.0. The number of aryl methyl sites for hydroxylation is 1. The minimum atomic E-state index is 0.241. The summed E-state index contributed by atoms with van der Waals surface area (Å²) in [6.07, 6.45) is 1.88. The number of anilines is 2. The highest BCUT2D eigenvalue weighted by molar-refractivity contribution is 5.57. The lowest BCUT2D eigenvalue weighted by molar-refractivity contribution is 0.258. The van der Waals surface area contributed by atoms with Gasteiger partial charge in [0.05, 0.1) is 0 Å². The Hall–Kier alpha value is -1.36. The first kappa shape index (κ1) is 15.7. The van der Waals surface area contributed by atoms with Gasteiger partial charge in [-0.2, -0.15) is 0 Å². The molecule has 0 aliphatic carbocycles. The van der Waals surface area contributed by atoms with Gasteiger partial charge in [-0.15, -0.1) is 0 Å². The molecule has 0 aliphatic heterocycles. The van der Waals surface area contributed by atoms with Crippen molar-refractivity contribution in [3.05, 3.63) is 11.4 Å². The maximum atomic E-state index is 9.01. The van der Waals surface area contributed by atoms with Crippen molar-refractivity contribution in [2.45, 2.75) is 40.5 Å². The summed E-state index contributed by atoms with van der Waals surface area (Å²) < 4.78 is 0. The maximum absolute atomic E-state index is 9.01. The third-order valence-electron chi connectivity index (χ3n) is 3.27. The number of rotatable bonds is 8. The Morgan fingerprint density at radius 2 is 1.74 bits per heavy atom. The summed E-state index contributed by atoms with van der Waals surface area (Å²) in [6, 6.07) is 0. The van der Waals surface area contributed by atoms with Crippen LogP contribution >= 0.6 is 0 Å². The molecule has 0 amide bonds. The van der Waals surface area contributed by atoms with E-state index in [2.05, 4.69) is 34.4 Å². The van der Waals surface area contributed by atoms with Gasteiger partial charge >= 0.3 is 0 Å². The van der Waals surface area contributed by atoms with Gasteiger partial charge in [0, 0.05) is 25.3 Å². The first-order valence-corrected chi connectivity index (χ1v) is 7.06. The first-order valence-electron chi connectivity index (χ1n) is 7.06. The maximum Gasteiger partial charge on any atom is 0.134 e. The van der Waals surface area contributed by atoms with Crippen LogP contribution in [0.2, 0.25) is 0 Å². The van der Waals surface area contributed by atoms with Gasteiger partial charge in [0.1, 0.15) is 17.5 Å². The Balaban J connectivity index is 2.77. The summed E-state index contributed by atoms with van der Waals surface area (Å²) in [5, 5.41) is 15.7. The van der Waals surface area contributed by atoms with Crippen LogP contribution in [0.15, 0.2) is 0 Å². The summed E-state index contributed by atoms with van der Waals surface area (Å²) in [5.74, 6) is 3.02. The molecule has 108 valence electrons. The molecule has 0 spiro atoms. The van der Waals surface area contributed by atoms with Crippen molar-refractivity contribution in [2.75, 3.05) is 30.3 Å². The minimum absolute atomic E-state index is 0.241. The van der Waals surface area contributed by atoms with E-state index in [0.29, 0.717) is 5.92 Å². The number of hydrogen-bond acceptors (Lipinski definition) is 5. The Labute approximate surface area is 115 Å². The van der Waals surface area contributed by atoms with Gasteiger partial charge in [0.25, 0.3) is 0 Å². The molecule has 5 nitrogen and oxygen atoms in total. The zero-order valence-corrected chi connectivity index (χ0v) is 12.5. The third kappa shape index (κ3) is 4.67. The van der Waals surface area contributed by atoms with Gasteiger partial charge in [0.2, 0.25) is 0 Å². The third-order valence-corrected chi connectivity index (χ3v) is 3.27. The van der Waals surface area contributed by atoms with E-state index in [1.807, 2.05) is 13.8 Å². The zero-order valence-electron chi connectivity index (χ0n) is 12.5. The van der Waals surface area contributed by atoms with E-state index in [4.69, 9.17) is 5.11 Å². The number of hydrogen-bond donors (Lipinski definition) is 3. The number of nitrogens with zero attached hydrogens (tertiary/aromatic N) is 2. The fraction of sp³-hybridized carbons (Fsp3) is 0.714. The monoisotopic (exact) mass is 266 g/mol. The predicted molar refractivity (Wildman–Crippen MR) is 79.6 cm³/mol. The second kappa shape index (κ2) is 7.94. The predicted octanol–water partition coefficient (Wildman–Crippen LogP) is 2.35. The van der Waals surface area contributed by atoms with Crippen LogP contribution in [-0.4, -0.2) is 34.8 Å². The standard InChI is InChI=1S/C14H26N4O/c1-5-12(7-8-19)9-16-14-10(3)13(15-6-2)17-11(4)18-14/h12,19H,5-9H2,1-4H3,(H2,15,16,17,18). The molecule has 1 heterocycles. The molecule has 1 unspecified atom stereocenters. The lowest BCUT2D eigenvalue weighted by Crippen LogP contribution is -2.17. The second-order valence-electron chi connectivity index (χ2n) is 4.79. The van der Waals surface area contributed by atoms with Crippen LogP contribution in [0.25, 0.3) is 0 Å². The van der Waals surface area contributed by atoms with Crippen molar-refractivity contribution in [3.8, 4) is 0 Å². The van der Waals surface area contributed by atoms with Crippen LogP contribution in [-0.2, 0) is 0 Å². The van der Waals surface area contributed by atoms with Crippen LogP contribution < -0.4 is 10.6 Å². The van der Waals surface area contributed by atoms with Crippen LogP contribution in [0.3, 0.4) is 0 Å². The number of aliphatic hydroxyl groups excluding tert-OH is 1. The Bertz CT molecular complexity index is 395. The topological polar surface area (TPSA) is 70.1 Å². The lowest BCUT2D eigenvalue weighted by Gasteiger charge is -2.17. The molecule has 3 N–H and O–H groups in total. The van der Waals surface area contributed by atoms with Crippen molar-refractivity contribution >= 4 is 11.6 Å². The van der Waals surface area contributed by atoms with Crippen molar-refractivity contribution < 1.29 is 5.11 Å². The van der Waals surface area contributed by atoms with E-state index in [1.165, 1.54) is 0 Å². The van der Waals surface area contributed by atoms with E-state index in [1.54, 1.807) is 0 Å². The molecule has 0 aromatic carbocycles. The Morgan fingerprint density at radius 1 is 1.11 bits per heavy atom. The van der Waals surface area contributed by atoms with Crippen LogP contribution in [0.5, 0.6) is 0 Å². The largest absolute Gasteiger partial charge is 0.396 e. The van der Waals surface area contributed by atoms with Gasteiger partial charge in [-0.25, -0.2) is 9.97 Å². The average Bonchev–Trinajstić information content (AvgIpc) is 2.39. The molecule has 1 aromatic heterocycles. The molecule has 19 heavy (non-hydrogen) atoms. The van der Waals surface area contributed by atoms with Gasteiger partial charge in [0.15, 0.2) is 0 Å². The van der Waals surface area contributed by atoms with E-state index >= 15 is 0 Å². The quantitative estimate of drug-likeness (QED) is 0.674. The van der Waals surface area contributed by atoms with Crippen molar-refractivity contribution in [1.29, 1.82) is 0 Å². The molecule has 1 aromatic rings. The van der Waals surface area contributed by atoms with Crippen molar-refractivity contribution in [3.63, 3.8) is 0 Å². The molecule has 0 fully saturated rings. The molecule has 0 saturated heterocycles. The first-order chi connectivity index (χ1) is 9.12. The van der Waals surface area contributed by atoms with Gasteiger partial charge in [-0.1, -0.05) is 13.3 Å². The van der Waals surface area contributed by atoms with E-state index in [9.17, 15) is 0 Å². The Kier molecular flexibility index (Phi) is 6.56. The highest BCUT2D eigenvalue weighted by Gasteiger charge is 2.11. The van der Waals surface area contributed by atoms with Crippen LogP contribution in [0.4, 0.5) is 11.6 Å². The van der Waals surface area contributed by atoms with Crippen LogP contribution in [0.1, 0.15) is 38.1 Å². The average molecular weight is 266 g/mol. The number of aliphatic hydroxyl groups is 1. The van der Waals surface area contributed by atoms with Crippen LogP contribution in [0, 0.1) is 19.8 Å². The molecule has 0 saturated carbocycles. The van der Waals surface area contributed by atoms with Crippen molar-refractivity contribution in [2.24, 2.45) is 5.92 Å². The highest BCUT2D eigenvalue weighted by Crippen LogP contribution is 2.20. The molecule has 1 atom stereocenters. The fourth-order valence-electron chi connectivity index (χ4n) is 2.01. The van der Waals surface area contributed by atoms with E-state index in [-0.39, 0.29) is 6.61 Å². The van der Waals surface area contributed by atoms with Crippen molar-refractivity contribution in [1.82, 2.24) is 9.97 Å². The van der Waals surface area contributed by atoms with Gasteiger partial charge in [-0.05, 0) is 33.1 Å². The smallest absolute Gasteiger partial charge is 0.134 e. The number of aromatic nitrogens is 2. The fourth-order valence-corrected chi connectivity index (χ4v) is 2.01. The second-order valence-corrected chi connectivity index (χ2v) is 4.79. The molecule has 1 rings (SSSR count). The summed E-state index contributed by atoms with van der Waals surface area (Å²) >= 11 is 0. The minimum Gasteiger partial charge on any atom is -0.396 e. The Morgan fingerprint density at radius 3 is 2.26 bits per heavy atom. The molecular weight excluding hydrogens is 240 g/mol. The molecule has 0 radical (unpaired) electrons. The molecular formula is C14H26N4O. The molecule has 5 heteroatoms. The SMILES string of the molecule is CCNc1nc(C)nc(NCC(CC)CCO)c1C. The number of nitrogens with one attached hydrogen (secondary N) is 2. The highest BCUT2D eigenvalue weighted by atomic mass is 16.3. The van der Waals surface area contributed by atoms with E-state index in [0.717, 1.165) is 49.0 Å².